The van der Waals surface area contributed by atoms with E-state index in [1.165, 1.54) is 18.2 Å². The molecule has 0 aliphatic rings. The zero-order chi connectivity index (χ0) is 13.8. The summed E-state index contributed by atoms with van der Waals surface area (Å²) in [6.07, 6.45) is 0. The third kappa shape index (κ3) is 3.59. The number of nitrogens with zero attached hydrogens (tertiary/aromatic N) is 1. The molecular weight excluding hydrogens is 289 g/mol. The van der Waals surface area contributed by atoms with E-state index in [2.05, 4.69) is 0 Å². The molecule has 0 amide bonds. The number of benzene rings is 2. The lowest BCUT2D eigenvalue weighted by molar-refractivity contribution is -0.384. The van der Waals surface area contributed by atoms with Gasteiger partial charge < -0.3 is 4.74 Å². The Bertz CT molecular complexity index is 599. The Hall–Kier alpha value is -1.78. The van der Waals surface area contributed by atoms with Crippen LogP contribution in [0.1, 0.15) is 5.56 Å². The number of ether oxygens (including phenoxy) is 1. The molecule has 0 bridgehead atoms. The molecule has 2 aromatic rings. The molecule has 0 heterocycles. The summed E-state index contributed by atoms with van der Waals surface area (Å²) in [7, 11) is 0. The van der Waals surface area contributed by atoms with Crippen LogP contribution in [0.25, 0.3) is 0 Å². The van der Waals surface area contributed by atoms with Gasteiger partial charge in [0.2, 0.25) is 0 Å². The topological polar surface area (TPSA) is 52.4 Å². The molecule has 0 aromatic heterocycles. The van der Waals surface area contributed by atoms with Crippen LogP contribution in [-0.2, 0) is 6.61 Å². The molecule has 0 N–H and O–H groups in total. The predicted molar refractivity (Wildman–Crippen MR) is 73.9 cm³/mol. The van der Waals surface area contributed by atoms with E-state index in [1.54, 1.807) is 12.1 Å². The fraction of sp³-hybridized carbons (Fsp3) is 0.0769. The molecular formula is C13H9Cl2NO3. The summed E-state index contributed by atoms with van der Waals surface area (Å²) in [5.41, 5.74) is 0.805. The van der Waals surface area contributed by atoms with Gasteiger partial charge in [-0.25, -0.2) is 0 Å². The van der Waals surface area contributed by atoms with Crippen molar-refractivity contribution >= 4 is 28.9 Å². The first kappa shape index (κ1) is 13.6. The average Bonchev–Trinajstić information content (AvgIpc) is 2.37. The van der Waals surface area contributed by atoms with E-state index in [4.69, 9.17) is 27.9 Å². The average molecular weight is 298 g/mol. The molecule has 19 heavy (non-hydrogen) atoms. The molecule has 2 rings (SSSR count). The zero-order valence-electron chi connectivity index (χ0n) is 9.68. The lowest BCUT2D eigenvalue weighted by atomic mass is 10.2. The van der Waals surface area contributed by atoms with Gasteiger partial charge in [-0.05, 0) is 23.8 Å². The van der Waals surface area contributed by atoms with Crippen molar-refractivity contribution in [2.24, 2.45) is 0 Å². The maximum Gasteiger partial charge on any atom is 0.288 e. The number of hydrogen-bond donors (Lipinski definition) is 0. The number of nitro groups is 1. The Morgan fingerprint density at radius 1 is 1.11 bits per heavy atom. The summed E-state index contributed by atoms with van der Waals surface area (Å²) >= 11 is 11.6. The molecule has 6 heteroatoms. The highest BCUT2D eigenvalue weighted by atomic mass is 35.5. The van der Waals surface area contributed by atoms with Gasteiger partial charge in [0.15, 0.2) is 0 Å². The Morgan fingerprint density at radius 3 is 2.37 bits per heavy atom. The molecule has 0 saturated carbocycles. The van der Waals surface area contributed by atoms with Gasteiger partial charge in [-0.15, -0.1) is 0 Å². The van der Waals surface area contributed by atoms with Gasteiger partial charge in [0, 0.05) is 17.2 Å². The van der Waals surface area contributed by atoms with Gasteiger partial charge in [-0.2, -0.15) is 0 Å². The summed E-state index contributed by atoms with van der Waals surface area (Å²) in [6.45, 7) is 0.339. The Kier molecular flexibility index (Phi) is 4.24. The van der Waals surface area contributed by atoms with E-state index in [0.717, 1.165) is 5.56 Å². The summed E-state index contributed by atoms with van der Waals surface area (Å²) < 4.78 is 5.50. The molecule has 0 unspecified atom stereocenters. The lowest BCUT2D eigenvalue weighted by Gasteiger charge is -2.06. The Labute approximate surface area is 119 Å². The maximum atomic E-state index is 10.6. The highest BCUT2D eigenvalue weighted by Gasteiger charge is 2.12. The van der Waals surface area contributed by atoms with Crippen molar-refractivity contribution in [3.8, 4) is 5.75 Å². The van der Waals surface area contributed by atoms with Gasteiger partial charge in [-0.1, -0.05) is 35.3 Å². The second-order valence-corrected chi connectivity index (χ2v) is 4.63. The van der Waals surface area contributed by atoms with Crippen molar-refractivity contribution in [3.05, 3.63) is 68.2 Å². The molecule has 98 valence electrons. The van der Waals surface area contributed by atoms with E-state index in [9.17, 15) is 10.1 Å². The van der Waals surface area contributed by atoms with Gasteiger partial charge in [0.25, 0.3) is 5.69 Å². The molecule has 4 nitrogen and oxygen atoms in total. The molecule has 2 aromatic carbocycles. The van der Waals surface area contributed by atoms with E-state index in [1.807, 2.05) is 12.1 Å². The van der Waals surface area contributed by atoms with Crippen LogP contribution in [0.2, 0.25) is 10.0 Å². The first-order valence-electron chi connectivity index (χ1n) is 5.37. The number of rotatable bonds is 4. The summed E-state index contributed by atoms with van der Waals surface area (Å²) in [6, 6.07) is 11.5. The molecule has 0 atom stereocenters. The maximum absolute atomic E-state index is 10.6. The van der Waals surface area contributed by atoms with Crippen molar-refractivity contribution in [2.75, 3.05) is 0 Å². The number of nitro benzene ring substituents is 1. The molecule has 0 fully saturated rings. The van der Waals surface area contributed by atoms with Crippen molar-refractivity contribution in [3.63, 3.8) is 0 Å². The SMILES string of the molecule is O=[N+]([O-])c1ccc(OCc2ccc(Cl)cc2)cc1Cl. The fourth-order valence-electron chi connectivity index (χ4n) is 1.47. The van der Waals surface area contributed by atoms with Gasteiger partial charge >= 0.3 is 0 Å². The lowest BCUT2D eigenvalue weighted by Crippen LogP contribution is -1.96. The van der Waals surface area contributed by atoms with Crippen LogP contribution in [0, 0.1) is 10.1 Å². The normalized spacial score (nSPS) is 10.2. The third-order valence-electron chi connectivity index (χ3n) is 2.43. The van der Waals surface area contributed by atoms with Crippen LogP contribution >= 0.6 is 23.2 Å². The molecule has 0 saturated heterocycles. The van der Waals surface area contributed by atoms with Crippen molar-refractivity contribution in [1.82, 2.24) is 0 Å². The zero-order valence-corrected chi connectivity index (χ0v) is 11.2. The summed E-state index contributed by atoms with van der Waals surface area (Å²) in [4.78, 5) is 10.1. The highest BCUT2D eigenvalue weighted by Crippen LogP contribution is 2.28. The fourth-order valence-corrected chi connectivity index (χ4v) is 1.84. The minimum atomic E-state index is -0.536. The van der Waals surface area contributed by atoms with Gasteiger partial charge in [0.1, 0.15) is 17.4 Å². The summed E-state index contributed by atoms with van der Waals surface area (Å²) in [5, 5.41) is 11.3. The minimum absolute atomic E-state index is 0.0543. The number of hydrogen-bond acceptors (Lipinski definition) is 3. The van der Waals surface area contributed by atoms with E-state index in [-0.39, 0.29) is 10.7 Å². The van der Waals surface area contributed by atoms with Crippen molar-refractivity contribution in [1.29, 1.82) is 0 Å². The minimum Gasteiger partial charge on any atom is -0.489 e. The standard InChI is InChI=1S/C13H9Cl2NO3/c14-10-3-1-9(2-4-10)8-19-11-5-6-13(16(17)18)12(15)7-11/h1-7H,8H2. The third-order valence-corrected chi connectivity index (χ3v) is 2.99. The summed E-state index contributed by atoms with van der Waals surface area (Å²) in [5.74, 6) is 0.477. The van der Waals surface area contributed by atoms with Crippen molar-refractivity contribution < 1.29 is 9.66 Å². The first-order chi connectivity index (χ1) is 9.06. The van der Waals surface area contributed by atoms with E-state index < -0.39 is 4.92 Å². The Balaban J connectivity index is 2.06. The quantitative estimate of drug-likeness (QED) is 0.617. The smallest absolute Gasteiger partial charge is 0.288 e. The molecule has 0 radical (unpaired) electrons. The van der Waals surface area contributed by atoms with Crippen LogP contribution < -0.4 is 4.74 Å². The van der Waals surface area contributed by atoms with Gasteiger partial charge in [-0.3, -0.25) is 10.1 Å². The van der Waals surface area contributed by atoms with Gasteiger partial charge in [0.05, 0.1) is 4.92 Å². The second-order valence-electron chi connectivity index (χ2n) is 3.79. The highest BCUT2D eigenvalue weighted by molar-refractivity contribution is 6.32. The van der Waals surface area contributed by atoms with Crippen LogP contribution in [0.4, 0.5) is 5.69 Å². The molecule has 0 aliphatic carbocycles. The predicted octanol–water partition coefficient (Wildman–Crippen LogP) is 4.48. The van der Waals surface area contributed by atoms with Crippen molar-refractivity contribution in [2.45, 2.75) is 6.61 Å². The molecule has 0 aliphatic heterocycles. The first-order valence-corrected chi connectivity index (χ1v) is 6.13. The van der Waals surface area contributed by atoms with Crippen LogP contribution in [0.5, 0.6) is 5.75 Å². The number of halogens is 2. The monoisotopic (exact) mass is 297 g/mol. The van der Waals surface area contributed by atoms with Crippen LogP contribution in [-0.4, -0.2) is 4.92 Å². The van der Waals surface area contributed by atoms with Crippen LogP contribution in [0.3, 0.4) is 0 Å². The van der Waals surface area contributed by atoms with Crippen LogP contribution in [0.15, 0.2) is 42.5 Å². The molecule has 0 spiro atoms. The van der Waals surface area contributed by atoms with E-state index >= 15 is 0 Å². The Morgan fingerprint density at radius 2 is 1.79 bits per heavy atom. The van der Waals surface area contributed by atoms with E-state index in [0.29, 0.717) is 17.4 Å². The largest absolute Gasteiger partial charge is 0.489 e. The second kappa shape index (κ2) is 5.91.